The second kappa shape index (κ2) is 6.54. The highest BCUT2D eigenvalue weighted by Crippen LogP contribution is 2.04. The lowest BCUT2D eigenvalue weighted by Crippen LogP contribution is -1.86. The molecule has 0 amide bonds. The van der Waals surface area contributed by atoms with Gasteiger partial charge in [-0.15, -0.1) is 0 Å². The van der Waals surface area contributed by atoms with Gasteiger partial charge in [-0.25, -0.2) is 4.79 Å². The number of carbonyl (C=O) groups is 1. The zero-order valence-corrected chi connectivity index (χ0v) is 7.86. The molecular formula is C8H8BrNO2. The molecule has 64 valence electrons. The van der Waals surface area contributed by atoms with Gasteiger partial charge in [0.05, 0.1) is 0 Å². The summed E-state index contributed by atoms with van der Waals surface area (Å²) in [5.41, 5.74) is 0. The molecule has 0 aromatic carbocycles. The van der Waals surface area contributed by atoms with Crippen molar-refractivity contribution in [1.29, 1.82) is 0 Å². The number of aliphatic carboxylic acids is 1. The van der Waals surface area contributed by atoms with Crippen LogP contribution in [0, 0.1) is 0 Å². The molecule has 0 bridgehead atoms. The molecule has 0 saturated heterocycles. The van der Waals surface area contributed by atoms with Gasteiger partial charge in [0, 0.05) is 23.0 Å². The van der Waals surface area contributed by atoms with Crippen LogP contribution < -0.4 is 0 Å². The van der Waals surface area contributed by atoms with Crippen molar-refractivity contribution in [3.63, 3.8) is 0 Å². The molecule has 0 fully saturated rings. The fourth-order valence-corrected chi connectivity index (χ4v) is 0.760. The minimum atomic E-state index is -0.993. The van der Waals surface area contributed by atoms with E-state index in [0.29, 0.717) is 4.48 Å². The molecular weight excluding hydrogens is 222 g/mol. The standard InChI is InChI=1S/C8H8BrNO2/c1-2-10-5-3-4-7(9)6-8(11)12/h2-6H,1H2,(H,11,12)/b4-3-,7-6-,10-5?. The number of allylic oxidation sites excluding steroid dienone is 3. The number of carboxylic acids is 1. The van der Waals surface area contributed by atoms with Crippen LogP contribution in [0.15, 0.2) is 40.5 Å². The van der Waals surface area contributed by atoms with Crippen LogP contribution in [0.5, 0.6) is 0 Å². The third kappa shape index (κ3) is 6.95. The molecule has 0 heterocycles. The normalized spacial score (nSPS) is 12.6. The summed E-state index contributed by atoms with van der Waals surface area (Å²) in [6, 6.07) is 0. The molecule has 0 aliphatic carbocycles. The van der Waals surface area contributed by atoms with Gasteiger partial charge < -0.3 is 5.11 Å². The Kier molecular flexibility index (Phi) is 5.91. The predicted molar refractivity (Wildman–Crippen MR) is 52.5 cm³/mol. The van der Waals surface area contributed by atoms with E-state index in [9.17, 15) is 4.79 Å². The maximum Gasteiger partial charge on any atom is 0.329 e. The Balaban J connectivity index is 4.07. The molecule has 0 aliphatic rings. The molecule has 0 unspecified atom stereocenters. The van der Waals surface area contributed by atoms with Gasteiger partial charge in [-0.3, -0.25) is 4.99 Å². The highest BCUT2D eigenvalue weighted by atomic mass is 79.9. The smallest absolute Gasteiger partial charge is 0.329 e. The lowest BCUT2D eigenvalue weighted by atomic mass is 10.4. The largest absolute Gasteiger partial charge is 0.478 e. The molecule has 0 spiro atoms. The maximum atomic E-state index is 10.1. The third-order valence-corrected chi connectivity index (χ3v) is 1.29. The van der Waals surface area contributed by atoms with Crippen LogP contribution in [0.25, 0.3) is 0 Å². The summed E-state index contributed by atoms with van der Waals surface area (Å²) in [6.45, 7) is 3.37. The van der Waals surface area contributed by atoms with Crippen molar-refractivity contribution in [3.8, 4) is 0 Å². The molecule has 0 radical (unpaired) electrons. The van der Waals surface area contributed by atoms with Gasteiger partial charge in [0.15, 0.2) is 0 Å². The van der Waals surface area contributed by atoms with Crippen LogP contribution in [-0.4, -0.2) is 17.3 Å². The summed E-state index contributed by atoms with van der Waals surface area (Å²) >= 11 is 3.04. The summed E-state index contributed by atoms with van der Waals surface area (Å²) in [6.07, 6.45) is 7.10. The minimum absolute atomic E-state index is 0.477. The van der Waals surface area contributed by atoms with E-state index in [1.807, 2.05) is 0 Å². The number of carboxylic acid groups (broad SMARTS) is 1. The summed E-state index contributed by atoms with van der Waals surface area (Å²) < 4.78 is 0.477. The van der Waals surface area contributed by atoms with Crippen LogP contribution in [0.2, 0.25) is 0 Å². The van der Waals surface area contributed by atoms with E-state index in [0.717, 1.165) is 6.08 Å². The Morgan fingerprint density at radius 3 is 2.75 bits per heavy atom. The third-order valence-electron chi connectivity index (χ3n) is 0.794. The van der Waals surface area contributed by atoms with Gasteiger partial charge in [-0.1, -0.05) is 22.5 Å². The Bertz CT molecular complexity index is 254. The first-order valence-corrected chi connectivity index (χ1v) is 3.87. The Morgan fingerprint density at radius 1 is 1.58 bits per heavy atom. The van der Waals surface area contributed by atoms with Gasteiger partial charge in [0.2, 0.25) is 0 Å². The van der Waals surface area contributed by atoms with Crippen molar-refractivity contribution in [3.05, 3.63) is 35.5 Å². The molecule has 1 N–H and O–H groups in total. The summed E-state index contributed by atoms with van der Waals surface area (Å²) in [5, 5.41) is 8.30. The van der Waals surface area contributed by atoms with Gasteiger partial charge in [0.25, 0.3) is 0 Å². The van der Waals surface area contributed by atoms with E-state index in [1.165, 1.54) is 12.4 Å². The number of hydrogen-bond acceptors (Lipinski definition) is 2. The van der Waals surface area contributed by atoms with Crippen molar-refractivity contribution in [2.75, 3.05) is 0 Å². The zero-order chi connectivity index (χ0) is 9.40. The van der Waals surface area contributed by atoms with Crippen molar-refractivity contribution in [2.24, 2.45) is 4.99 Å². The molecule has 0 aromatic rings. The average Bonchev–Trinajstić information content (AvgIpc) is 1.97. The molecule has 0 atom stereocenters. The molecule has 0 saturated carbocycles. The van der Waals surface area contributed by atoms with E-state index in [-0.39, 0.29) is 0 Å². The van der Waals surface area contributed by atoms with E-state index in [4.69, 9.17) is 5.11 Å². The first-order chi connectivity index (χ1) is 5.66. The maximum absolute atomic E-state index is 10.1. The summed E-state index contributed by atoms with van der Waals surface area (Å²) in [7, 11) is 0. The van der Waals surface area contributed by atoms with Crippen LogP contribution >= 0.6 is 15.9 Å². The van der Waals surface area contributed by atoms with Crippen LogP contribution in [-0.2, 0) is 4.79 Å². The summed E-state index contributed by atoms with van der Waals surface area (Å²) in [5.74, 6) is -0.993. The minimum Gasteiger partial charge on any atom is -0.478 e. The van der Waals surface area contributed by atoms with Gasteiger partial charge in [-0.05, 0) is 12.2 Å². The lowest BCUT2D eigenvalue weighted by molar-refractivity contribution is -0.131. The van der Waals surface area contributed by atoms with Crippen LogP contribution in [0.4, 0.5) is 0 Å². The van der Waals surface area contributed by atoms with E-state index in [1.54, 1.807) is 12.2 Å². The molecule has 0 rings (SSSR count). The van der Waals surface area contributed by atoms with Gasteiger partial charge >= 0.3 is 5.97 Å². The van der Waals surface area contributed by atoms with Crippen LogP contribution in [0.3, 0.4) is 0 Å². The van der Waals surface area contributed by atoms with Crippen molar-refractivity contribution >= 4 is 28.1 Å². The van der Waals surface area contributed by atoms with Crippen molar-refractivity contribution in [2.45, 2.75) is 0 Å². The Labute approximate surface area is 78.9 Å². The van der Waals surface area contributed by atoms with Crippen molar-refractivity contribution < 1.29 is 9.90 Å². The van der Waals surface area contributed by atoms with Gasteiger partial charge in [0.1, 0.15) is 0 Å². The van der Waals surface area contributed by atoms with Gasteiger partial charge in [-0.2, -0.15) is 0 Å². The number of nitrogens with zero attached hydrogens (tertiary/aromatic N) is 1. The van der Waals surface area contributed by atoms with Crippen molar-refractivity contribution in [1.82, 2.24) is 0 Å². The highest BCUT2D eigenvalue weighted by molar-refractivity contribution is 9.11. The fraction of sp³-hybridized carbons (Fsp3) is 0. The zero-order valence-electron chi connectivity index (χ0n) is 6.27. The molecule has 0 aromatic heterocycles. The second-order valence-electron chi connectivity index (χ2n) is 1.71. The predicted octanol–water partition coefficient (Wildman–Crippen LogP) is 2.12. The monoisotopic (exact) mass is 229 g/mol. The number of hydrogen-bond donors (Lipinski definition) is 1. The lowest BCUT2D eigenvalue weighted by Gasteiger charge is -1.83. The molecule has 4 heteroatoms. The number of aliphatic imine (C=N–C) groups is 1. The summed E-state index contributed by atoms with van der Waals surface area (Å²) in [4.78, 5) is 13.8. The first kappa shape index (κ1) is 10.8. The van der Waals surface area contributed by atoms with E-state index in [2.05, 4.69) is 27.5 Å². The first-order valence-electron chi connectivity index (χ1n) is 3.07. The Hall–Kier alpha value is -1.16. The van der Waals surface area contributed by atoms with E-state index >= 15 is 0 Å². The van der Waals surface area contributed by atoms with Crippen LogP contribution in [0.1, 0.15) is 0 Å². The number of halogens is 1. The fourth-order valence-electron chi connectivity index (χ4n) is 0.412. The quantitative estimate of drug-likeness (QED) is 0.456. The molecule has 3 nitrogen and oxygen atoms in total. The number of rotatable bonds is 4. The highest BCUT2D eigenvalue weighted by Gasteiger charge is 1.89. The second-order valence-corrected chi connectivity index (χ2v) is 2.62. The molecule has 12 heavy (non-hydrogen) atoms. The topological polar surface area (TPSA) is 49.7 Å². The SMILES string of the molecule is C=CN=C/C=C\C(Br)=C\C(=O)O. The molecule has 0 aliphatic heterocycles. The average molecular weight is 230 g/mol. The Morgan fingerprint density at radius 2 is 2.25 bits per heavy atom. The van der Waals surface area contributed by atoms with E-state index < -0.39 is 5.97 Å².